The third-order valence-electron chi connectivity index (χ3n) is 4.81. The van der Waals surface area contributed by atoms with Crippen LogP contribution in [-0.4, -0.2) is 36.2 Å². The minimum atomic E-state index is -0.871. The summed E-state index contributed by atoms with van der Waals surface area (Å²) in [6.45, 7) is 5.97. The predicted octanol–water partition coefficient (Wildman–Crippen LogP) is 2.74. The highest BCUT2D eigenvalue weighted by atomic mass is 16.5. The summed E-state index contributed by atoms with van der Waals surface area (Å²) in [5.41, 5.74) is 0.586. The first-order chi connectivity index (χ1) is 15.2. The van der Waals surface area contributed by atoms with E-state index >= 15 is 0 Å². The second-order valence-electron chi connectivity index (χ2n) is 8.87. The number of nitrogens with one attached hydrogen (secondary N) is 3. The van der Waals surface area contributed by atoms with Crippen molar-refractivity contribution in [2.75, 3.05) is 0 Å². The highest BCUT2D eigenvalue weighted by Crippen LogP contribution is 2.22. The second-order valence-corrected chi connectivity index (χ2v) is 8.87. The molecule has 2 aromatic carbocycles. The highest BCUT2D eigenvalue weighted by molar-refractivity contribution is 5.95. The number of alkyl carbamates (subject to hydrolysis) is 1. The molecule has 0 aromatic heterocycles. The smallest absolute Gasteiger partial charge is 0.408 e. The van der Waals surface area contributed by atoms with E-state index in [9.17, 15) is 14.4 Å². The van der Waals surface area contributed by atoms with Crippen molar-refractivity contribution in [2.45, 2.75) is 52.1 Å². The molecule has 0 unspecified atom stereocenters. The topological polar surface area (TPSA) is 106 Å². The summed E-state index contributed by atoms with van der Waals surface area (Å²) < 4.78 is 11.0. The van der Waals surface area contributed by atoms with Crippen LogP contribution in [-0.2, 0) is 20.9 Å². The minimum absolute atomic E-state index is 0.0918. The molecule has 1 aliphatic rings. The SMILES string of the molecule is CC(C)(C)C[C@H](NC(=O)OCc1ccccc1)C(=O)N[C@@H]1C(=O)N[C@H]1Oc1ccccc1. The molecular weight excluding hydrogens is 410 g/mol. The zero-order valence-corrected chi connectivity index (χ0v) is 18.5. The largest absolute Gasteiger partial charge is 0.468 e. The van der Waals surface area contributed by atoms with Gasteiger partial charge in [0.25, 0.3) is 5.91 Å². The maximum Gasteiger partial charge on any atom is 0.408 e. The van der Waals surface area contributed by atoms with Crippen molar-refractivity contribution in [1.82, 2.24) is 16.0 Å². The van der Waals surface area contributed by atoms with Crippen LogP contribution in [0.1, 0.15) is 32.8 Å². The third kappa shape index (κ3) is 6.73. The lowest BCUT2D eigenvalue weighted by Gasteiger charge is -2.37. The van der Waals surface area contributed by atoms with E-state index in [2.05, 4.69) is 16.0 Å². The molecule has 3 amide bonds. The Bertz CT molecular complexity index is 928. The number of amides is 3. The van der Waals surface area contributed by atoms with E-state index < -0.39 is 30.3 Å². The van der Waals surface area contributed by atoms with Gasteiger partial charge in [-0.15, -0.1) is 0 Å². The normalized spacial score (nSPS) is 18.5. The zero-order chi connectivity index (χ0) is 23.1. The van der Waals surface area contributed by atoms with Gasteiger partial charge in [-0.2, -0.15) is 0 Å². The van der Waals surface area contributed by atoms with E-state index in [1.165, 1.54) is 0 Å². The Kier molecular flexibility index (Phi) is 7.35. The monoisotopic (exact) mass is 439 g/mol. The van der Waals surface area contributed by atoms with E-state index in [1.54, 1.807) is 12.1 Å². The maximum atomic E-state index is 13.0. The van der Waals surface area contributed by atoms with Crippen LogP contribution in [0.4, 0.5) is 4.79 Å². The Balaban J connectivity index is 1.59. The fraction of sp³-hybridized carbons (Fsp3) is 0.375. The van der Waals surface area contributed by atoms with E-state index in [0.29, 0.717) is 12.2 Å². The summed E-state index contributed by atoms with van der Waals surface area (Å²) in [4.78, 5) is 37.3. The molecule has 2 aromatic rings. The fourth-order valence-corrected chi connectivity index (χ4v) is 3.22. The molecular formula is C24H29N3O5. The van der Waals surface area contributed by atoms with E-state index in [1.807, 2.05) is 69.3 Å². The summed E-state index contributed by atoms with van der Waals surface area (Å²) in [5.74, 6) is -0.246. The van der Waals surface area contributed by atoms with E-state index in [0.717, 1.165) is 5.56 Å². The maximum absolute atomic E-state index is 13.0. The van der Waals surface area contributed by atoms with Crippen molar-refractivity contribution >= 4 is 17.9 Å². The van der Waals surface area contributed by atoms with Crippen LogP contribution in [0, 0.1) is 5.41 Å². The molecule has 3 N–H and O–H groups in total. The molecule has 0 bridgehead atoms. The lowest BCUT2D eigenvalue weighted by molar-refractivity contribution is -0.144. The van der Waals surface area contributed by atoms with Crippen molar-refractivity contribution in [3.63, 3.8) is 0 Å². The van der Waals surface area contributed by atoms with Gasteiger partial charge in [-0.1, -0.05) is 69.3 Å². The Morgan fingerprint density at radius 1 is 1.03 bits per heavy atom. The molecule has 0 saturated carbocycles. The van der Waals surface area contributed by atoms with Crippen LogP contribution >= 0.6 is 0 Å². The van der Waals surface area contributed by atoms with Crippen molar-refractivity contribution in [3.8, 4) is 5.75 Å². The van der Waals surface area contributed by atoms with Gasteiger partial charge >= 0.3 is 6.09 Å². The van der Waals surface area contributed by atoms with Gasteiger partial charge in [0.15, 0.2) is 6.04 Å². The average molecular weight is 440 g/mol. The molecule has 1 fully saturated rings. The number of para-hydroxylation sites is 1. The van der Waals surface area contributed by atoms with Crippen molar-refractivity contribution < 1.29 is 23.9 Å². The number of benzene rings is 2. The first-order valence-corrected chi connectivity index (χ1v) is 10.5. The van der Waals surface area contributed by atoms with Gasteiger partial charge in [0.1, 0.15) is 18.4 Å². The molecule has 8 nitrogen and oxygen atoms in total. The first-order valence-electron chi connectivity index (χ1n) is 10.5. The standard InChI is InChI=1S/C24H29N3O5/c1-24(2,3)14-18(25-23(30)31-15-16-10-6-4-7-11-16)20(28)26-19-21(29)27-22(19)32-17-12-8-5-9-13-17/h4-13,18-19,22H,14-15H2,1-3H3,(H,25,30)(H,26,28)(H,27,29)/t18-,19+,22-/m0/s1. The number of carbonyl (C=O) groups is 3. The lowest BCUT2D eigenvalue weighted by Crippen LogP contribution is -2.72. The number of hydrogen-bond donors (Lipinski definition) is 3. The van der Waals surface area contributed by atoms with Crippen LogP contribution < -0.4 is 20.7 Å². The molecule has 0 aliphatic carbocycles. The summed E-state index contributed by atoms with van der Waals surface area (Å²) >= 11 is 0. The van der Waals surface area contributed by atoms with E-state index in [4.69, 9.17) is 9.47 Å². The van der Waals surface area contributed by atoms with Crippen molar-refractivity contribution in [3.05, 3.63) is 66.2 Å². The third-order valence-corrected chi connectivity index (χ3v) is 4.81. The number of β-lactam (4-membered cyclic amide) rings is 1. The molecule has 32 heavy (non-hydrogen) atoms. The van der Waals surface area contributed by atoms with Gasteiger partial charge in [0.2, 0.25) is 12.1 Å². The van der Waals surface area contributed by atoms with E-state index in [-0.39, 0.29) is 17.9 Å². The van der Waals surface area contributed by atoms with Gasteiger partial charge in [0, 0.05) is 0 Å². The molecule has 0 radical (unpaired) electrons. The minimum Gasteiger partial charge on any atom is -0.468 e. The molecule has 8 heteroatoms. The second kappa shape index (κ2) is 10.2. The number of rotatable bonds is 8. The molecule has 3 rings (SSSR count). The summed E-state index contributed by atoms with van der Waals surface area (Å²) in [6, 6.07) is 16.5. The van der Waals surface area contributed by atoms with Gasteiger partial charge in [0.05, 0.1) is 0 Å². The quantitative estimate of drug-likeness (QED) is 0.549. The number of hydrogen-bond acceptors (Lipinski definition) is 5. The summed E-state index contributed by atoms with van der Waals surface area (Å²) in [7, 11) is 0. The molecule has 1 saturated heterocycles. The molecule has 3 atom stereocenters. The number of ether oxygens (including phenoxy) is 2. The molecule has 170 valence electrons. The molecule has 1 aliphatic heterocycles. The Morgan fingerprint density at radius 3 is 2.25 bits per heavy atom. The summed E-state index contributed by atoms with van der Waals surface area (Å²) in [6.07, 6.45) is -1.03. The van der Waals surface area contributed by atoms with Crippen LogP contribution in [0.5, 0.6) is 5.75 Å². The van der Waals surface area contributed by atoms with Crippen LogP contribution in [0.3, 0.4) is 0 Å². The van der Waals surface area contributed by atoms with Crippen LogP contribution in [0.2, 0.25) is 0 Å². The fourth-order valence-electron chi connectivity index (χ4n) is 3.22. The Hall–Kier alpha value is -3.55. The predicted molar refractivity (Wildman–Crippen MR) is 119 cm³/mol. The van der Waals surface area contributed by atoms with Crippen LogP contribution in [0.15, 0.2) is 60.7 Å². The van der Waals surface area contributed by atoms with Gasteiger partial charge in [-0.3, -0.25) is 9.59 Å². The summed E-state index contributed by atoms with van der Waals surface area (Å²) in [5, 5.41) is 7.95. The molecule has 0 spiro atoms. The number of carbonyl (C=O) groups excluding carboxylic acids is 3. The van der Waals surface area contributed by atoms with Gasteiger partial charge in [-0.25, -0.2) is 4.79 Å². The first kappa shape index (κ1) is 23.1. The molecule has 1 heterocycles. The Labute approximate surface area is 187 Å². The van der Waals surface area contributed by atoms with Crippen LogP contribution in [0.25, 0.3) is 0 Å². The van der Waals surface area contributed by atoms with Gasteiger partial charge in [-0.05, 0) is 29.5 Å². The zero-order valence-electron chi connectivity index (χ0n) is 18.5. The lowest BCUT2D eigenvalue weighted by atomic mass is 9.87. The van der Waals surface area contributed by atoms with Crippen molar-refractivity contribution in [2.24, 2.45) is 5.41 Å². The van der Waals surface area contributed by atoms with Crippen molar-refractivity contribution in [1.29, 1.82) is 0 Å². The van der Waals surface area contributed by atoms with Gasteiger partial charge < -0.3 is 25.4 Å². The highest BCUT2D eigenvalue weighted by Gasteiger charge is 2.43. The Morgan fingerprint density at radius 2 is 1.66 bits per heavy atom. The average Bonchev–Trinajstić information content (AvgIpc) is 2.76.